The van der Waals surface area contributed by atoms with E-state index < -0.39 is 0 Å². The van der Waals surface area contributed by atoms with E-state index in [1.165, 1.54) is 0 Å². The van der Waals surface area contributed by atoms with Crippen molar-refractivity contribution in [2.24, 2.45) is 0 Å². The van der Waals surface area contributed by atoms with Crippen LogP contribution in [-0.4, -0.2) is 16.1 Å². The van der Waals surface area contributed by atoms with Crippen LogP contribution in [0.5, 0.6) is 0 Å². The number of fused-ring (bicyclic) bond motifs is 1. The molecular formula is C23H18N2O3. The van der Waals surface area contributed by atoms with Gasteiger partial charge in [0.15, 0.2) is 11.6 Å². The zero-order chi connectivity index (χ0) is 20.2. The molecule has 2 heterocycles. The Hall–Kier alpha value is -3.65. The van der Waals surface area contributed by atoms with Crippen molar-refractivity contribution >= 4 is 17.6 Å². The Labute approximate surface area is 162 Å². The maximum Gasteiger partial charge on any atom is 0.222 e. The Morgan fingerprint density at radius 2 is 1.64 bits per heavy atom. The summed E-state index contributed by atoms with van der Waals surface area (Å²) in [5.41, 5.74) is 4.73. The van der Waals surface area contributed by atoms with Gasteiger partial charge < -0.3 is 4.42 Å². The summed E-state index contributed by atoms with van der Waals surface area (Å²) < 4.78 is 7.70. The van der Waals surface area contributed by atoms with Gasteiger partial charge in [0.05, 0.1) is 5.57 Å². The summed E-state index contributed by atoms with van der Waals surface area (Å²) >= 11 is 0. The number of ketones is 2. The molecule has 0 bridgehead atoms. The van der Waals surface area contributed by atoms with E-state index in [-0.39, 0.29) is 17.1 Å². The number of Topliss-reactive ketones (excluding diaryl/α,β-unsaturated/α-hetero) is 2. The predicted octanol–water partition coefficient (Wildman–Crippen LogP) is 4.64. The Bertz CT molecular complexity index is 1210. The molecule has 1 aliphatic carbocycles. The molecule has 0 saturated carbocycles. The smallest absolute Gasteiger partial charge is 0.222 e. The minimum Gasteiger partial charge on any atom is -0.443 e. The number of carbonyl (C=O) groups excluding carboxylic acids is 2. The van der Waals surface area contributed by atoms with Gasteiger partial charge in [0, 0.05) is 28.1 Å². The number of allylic oxidation sites excluding steroid dienone is 1. The molecule has 0 fully saturated rings. The highest BCUT2D eigenvalue weighted by Crippen LogP contribution is 2.32. The van der Waals surface area contributed by atoms with E-state index in [2.05, 4.69) is 6.07 Å². The summed E-state index contributed by atoms with van der Waals surface area (Å²) in [6, 6.07) is 11.0. The third-order valence-electron chi connectivity index (χ3n) is 5.36. The fourth-order valence-electron chi connectivity index (χ4n) is 3.70. The summed E-state index contributed by atoms with van der Waals surface area (Å²) in [6.07, 6.45) is 1.64. The standard InChI is InChI=1S/C23H18N2O3/c1-12-9-16(10-19-21(26)17-7-5-6-8-18(17)22(19)27)14(3)25(12)23-20(11-24)13(2)15(4)28-23/h5-10H,1-4H3. The summed E-state index contributed by atoms with van der Waals surface area (Å²) in [7, 11) is 0. The van der Waals surface area contributed by atoms with Crippen LogP contribution in [0.3, 0.4) is 0 Å². The average molecular weight is 370 g/mol. The summed E-state index contributed by atoms with van der Waals surface area (Å²) in [6.45, 7) is 7.45. The normalized spacial score (nSPS) is 13.0. The molecule has 0 aliphatic heterocycles. The van der Waals surface area contributed by atoms with Crippen LogP contribution in [0.2, 0.25) is 0 Å². The van der Waals surface area contributed by atoms with Gasteiger partial charge in [-0.2, -0.15) is 5.26 Å². The van der Waals surface area contributed by atoms with Crippen molar-refractivity contribution in [3.63, 3.8) is 0 Å². The first-order valence-corrected chi connectivity index (χ1v) is 8.94. The first kappa shape index (κ1) is 17.7. The van der Waals surface area contributed by atoms with Crippen molar-refractivity contribution in [1.29, 1.82) is 5.26 Å². The lowest BCUT2D eigenvalue weighted by Crippen LogP contribution is -2.02. The molecule has 138 valence electrons. The molecule has 0 unspecified atom stereocenters. The second-order valence-electron chi connectivity index (χ2n) is 7.00. The topological polar surface area (TPSA) is 76.0 Å². The number of furan rings is 1. The van der Waals surface area contributed by atoms with Crippen LogP contribution in [-0.2, 0) is 0 Å². The fraction of sp³-hybridized carbons (Fsp3) is 0.174. The molecule has 1 aliphatic rings. The highest BCUT2D eigenvalue weighted by Gasteiger charge is 2.33. The number of rotatable bonds is 2. The van der Waals surface area contributed by atoms with Gasteiger partial charge in [0.25, 0.3) is 0 Å². The quantitative estimate of drug-likeness (QED) is 0.486. The Morgan fingerprint density at radius 3 is 2.21 bits per heavy atom. The monoisotopic (exact) mass is 370 g/mol. The SMILES string of the molecule is Cc1oc(-n2c(C)cc(C=C3C(=O)c4ccccc4C3=O)c2C)c(C#N)c1C. The fourth-order valence-corrected chi connectivity index (χ4v) is 3.70. The molecule has 0 radical (unpaired) electrons. The minimum atomic E-state index is -0.257. The molecule has 3 aromatic rings. The number of nitriles is 1. The van der Waals surface area contributed by atoms with Crippen LogP contribution >= 0.6 is 0 Å². The minimum absolute atomic E-state index is 0.161. The second-order valence-corrected chi connectivity index (χ2v) is 7.00. The van der Waals surface area contributed by atoms with Crippen LogP contribution in [0.15, 0.2) is 40.3 Å². The van der Waals surface area contributed by atoms with Gasteiger partial charge in [0.2, 0.25) is 5.88 Å². The van der Waals surface area contributed by atoms with Crippen molar-refractivity contribution in [1.82, 2.24) is 4.57 Å². The molecule has 5 heteroatoms. The third kappa shape index (κ3) is 2.39. The van der Waals surface area contributed by atoms with E-state index in [1.807, 2.05) is 38.3 Å². The number of nitrogens with zero attached hydrogens (tertiary/aromatic N) is 2. The number of benzene rings is 1. The summed E-state index contributed by atoms with van der Waals surface area (Å²) in [4.78, 5) is 25.4. The van der Waals surface area contributed by atoms with Crippen LogP contribution in [0, 0.1) is 39.0 Å². The van der Waals surface area contributed by atoms with Gasteiger partial charge >= 0.3 is 0 Å². The maximum atomic E-state index is 12.7. The highest BCUT2D eigenvalue weighted by atomic mass is 16.4. The van der Waals surface area contributed by atoms with Crippen molar-refractivity contribution in [3.05, 3.63) is 80.9 Å². The van der Waals surface area contributed by atoms with E-state index in [0.717, 1.165) is 22.5 Å². The van der Waals surface area contributed by atoms with E-state index in [4.69, 9.17) is 4.42 Å². The molecule has 0 amide bonds. The summed E-state index contributed by atoms with van der Waals surface area (Å²) in [5.74, 6) is 0.640. The molecule has 0 saturated heterocycles. The van der Waals surface area contributed by atoms with E-state index >= 15 is 0 Å². The van der Waals surface area contributed by atoms with Gasteiger partial charge in [-0.15, -0.1) is 0 Å². The molecule has 2 aromatic heterocycles. The predicted molar refractivity (Wildman–Crippen MR) is 105 cm³/mol. The number of hydrogen-bond acceptors (Lipinski definition) is 4. The van der Waals surface area contributed by atoms with Crippen LogP contribution in [0.25, 0.3) is 12.0 Å². The lowest BCUT2D eigenvalue weighted by molar-refractivity contribution is 0.0990. The van der Waals surface area contributed by atoms with Gasteiger partial charge in [-0.05, 0) is 45.4 Å². The van der Waals surface area contributed by atoms with Gasteiger partial charge in [-0.3, -0.25) is 14.2 Å². The number of carbonyl (C=O) groups is 2. The van der Waals surface area contributed by atoms with Crippen LogP contribution in [0.4, 0.5) is 0 Å². The molecule has 0 spiro atoms. The number of hydrogen-bond donors (Lipinski definition) is 0. The Kier molecular flexibility index (Phi) is 3.93. The second kappa shape index (κ2) is 6.21. The maximum absolute atomic E-state index is 12.7. The number of aromatic nitrogens is 1. The molecular weight excluding hydrogens is 352 g/mol. The van der Waals surface area contributed by atoms with Gasteiger partial charge in [-0.1, -0.05) is 24.3 Å². The van der Waals surface area contributed by atoms with Crippen LogP contribution < -0.4 is 0 Å². The molecule has 1 aromatic carbocycles. The molecule has 5 nitrogen and oxygen atoms in total. The Morgan fingerprint density at radius 1 is 1.04 bits per heavy atom. The zero-order valence-electron chi connectivity index (χ0n) is 16.1. The largest absolute Gasteiger partial charge is 0.443 e. The highest BCUT2D eigenvalue weighted by molar-refractivity contribution is 6.41. The average Bonchev–Trinajstić information content (AvgIpc) is 3.21. The van der Waals surface area contributed by atoms with Gasteiger partial charge in [-0.25, -0.2) is 0 Å². The van der Waals surface area contributed by atoms with E-state index in [0.29, 0.717) is 28.3 Å². The van der Waals surface area contributed by atoms with Crippen molar-refractivity contribution in [2.45, 2.75) is 27.7 Å². The molecule has 0 atom stereocenters. The number of aryl methyl sites for hydroxylation is 2. The van der Waals surface area contributed by atoms with Crippen LogP contribution in [0.1, 0.15) is 54.6 Å². The summed E-state index contributed by atoms with van der Waals surface area (Å²) in [5, 5.41) is 9.54. The molecule has 28 heavy (non-hydrogen) atoms. The van der Waals surface area contributed by atoms with Crippen molar-refractivity contribution in [3.8, 4) is 12.0 Å². The van der Waals surface area contributed by atoms with E-state index in [9.17, 15) is 14.9 Å². The first-order valence-electron chi connectivity index (χ1n) is 8.94. The van der Waals surface area contributed by atoms with Crippen molar-refractivity contribution < 1.29 is 14.0 Å². The molecule has 4 rings (SSSR count). The van der Waals surface area contributed by atoms with E-state index in [1.54, 1.807) is 30.3 Å². The van der Waals surface area contributed by atoms with Gasteiger partial charge in [0.1, 0.15) is 17.4 Å². The lowest BCUT2D eigenvalue weighted by atomic mass is 10.1. The Balaban J connectivity index is 1.86. The lowest BCUT2D eigenvalue weighted by Gasteiger charge is -2.06. The van der Waals surface area contributed by atoms with Crippen molar-refractivity contribution in [2.75, 3.05) is 0 Å². The first-order chi connectivity index (χ1) is 13.3. The third-order valence-corrected chi connectivity index (χ3v) is 5.36. The zero-order valence-corrected chi connectivity index (χ0v) is 16.1. The molecule has 0 N–H and O–H groups in total.